The van der Waals surface area contributed by atoms with Gasteiger partial charge in [-0.05, 0) is 5.56 Å². The number of carboxylic acid groups (broad SMARTS) is 1. The number of likely N-dealkylation sites (N-methyl/N-ethyl adjacent to an activating group) is 1. The first-order valence-electron chi connectivity index (χ1n) is 5.30. The van der Waals surface area contributed by atoms with Crippen molar-refractivity contribution < 1.29 is 28.3 Å². The molecule has 0 heterocycles. The summed E-state index contributed by atoms with van der Waals surface area (Å²) < 4.78 is 27.6. The molecule has 0 saturated heterocycles. The van der Waals surface area contributed by atoms with Crippen LogP contribution in [0.15, 0.2) is 24.3 Å². The van der Waals surface area contributed by atoms with Crippen LogP contribution >= 0.6 is 0 Å². The molecule has 1 aromatic rings. The van der Waals surface area contributed by atoms with E-state index < -0.39 is 23.4 Å². The Bertz CT molecular complexity index is 473. The van der Waals surface area contributed by atoms with Gasteiger partial charge in [-0.2, -0.15) is 8.78 Å². The van der Waals surface area contributed by atoms with Crippen molar-refractivity contribution in [1.82, 2.24) is 5.06 Å². The first-order valence-corrected chi connectivity index (χ1v) is 5.30. The lowest BCUT2D eigenvalue weighted by Crippen LogP contribution is -2.38. The summed E-state index contributed by atoms with van der Waals surface area (Å²) in [4.78, 5) is 26.3. The zero-order chi connectivity index (χ0) is 14.6. The number of carbonyl (C=O) groups is 2. The molecule has 0 fully saturated rings. The Balaban J connectivity index is 2.96. The van der Waals surface area contributed by atoms with E-state index in [2.05, 4.69) is 4.84 Å². The minimum atomic E-state index is -3.73. The van der Waals surface area contributed by atoms with Crippen molar-refractivity contribution in [2.24, 2.45) is 0 Å². The summed E-state index contributed by atoms with van der Waals surface area (Å²) in [6, 6.07) is 4.55. The van der Waals surface area contributed by atoms with Gasteiger partial charge in [-0.25, -0.2) is 5.06 Å². The normalized spacial score (nSPS) is 11.2. The lowest BCUT2D eigenvalue weighted by molar-refractivity contribution is -0.195. The van der Waals surface area contributed by atoms with E-state index in [9.17, 15) is 18.4 Å². The molecular weight excluding hydrogens is 260 g/mol. The summed E-state index contributed by atoms with van der Waals surface area (Å²) >= 11 is 0. The average Bonchev–Trinajstić information content (AvgIpc) is 2.36. The van der Waals surface area contributed by atoms with Crippen molar-refractivity contribution in [2.45, 2.75) is 12.3 Å². The molecule has 1 rings (SSSR count). The number of benzene rings is 1. The predicted molar refractivity (Wildman–Crippen MR) is 61.5 cm³/mol. The standard InChI is InChI=1S/C12H13F2NO4/c1-15(19-2)11(18)12(13,14)9-5-3-8(4-6-9)7-10(16)17/h3-6H,7H2,1-2H3,(H,16,17). The van der Waals surface area contributed by atoms with E-state index in [0.717, 1.165) is 26.3 Å². The summed E-state index contributed by atoms with van der Waals surface area (Å²) in [5, 5.41) is 9.00. The molecule has 7 heteroatoms. The summed E-state index contributed by atoms with van der Waals surface area (Å²) in [7, 11) is 2.18. The molecule has 19 heavy (non-hydrogen) atoms. The second-order valence-corrected chi connectivity index (χ2v) is 3.83. The maximum Gasteiger partial charge on any atom is 0.352 e. The van der Waals surface area contributed by atoms with Gasteiger partial charge < -0.3 is 5.11 Å². The molecule has 0 aromatic heterocycles. The Morgan fingerprint density at radius 1 is 1.32 bits per heavy atom. The van der Waals surface area contributed by atoms with Crippen LogP contribution in [0, 0.1) is 0 Å². The second-order valence-electron chi connectivity index (χ2n) is 3.83. The number of amides is 1. The molecular formula is C12H13F2NO4. The molecule has 0 aliphatic rings. The molecule has 0 bridgehead atoms. The van der Waals surface area contributed by atoms with Crippen molar-refractivity contribution in [1.29, 1.82) is 0 Å². The van der Waals surface area contributed by atoms with E-state index in [1.165, 1.54) is 12.1 Å². The molecule has 0 spiro atoms. The van der Waals surface area contributed by atoms with Crippen LogP contribution in [-0.2, 0) is 26.8 Å². The van der Waals surface area contributed by atoms with Gasteiger partial charge in [0.1, 0.15) is 0 Å². The van der Waals surface area contributed by atoms with Crippen LogP contribution in [0.1, 0.15) is 11.1 Å². The number of nitrogens with zero attached hydrogens (tertiary/aromatic N) is 1. The number of carboxylic acids is 1. The zero-order valence-electron chi connectivity index (χ0n) is 10.4. The summed E-state index contributed by atoms with van der Waals surface area (Å²) in [5.41, 5.74) is -0.143. The lowest BCUT2D eigenvalue weighted by atomic mass is 10.0. The van der Waals surface area contributed by atoms with Gasteiger partial charge in [-0.1, -0.05) is 24.3 Å². The second kappa shape index (κ2) is 5.75. The molecule has 0 aliphatic heterocycles. The summed E-state index contributed by atoms with van der Waals surface area (Å²) in [6.45, 7) is 0. The smallest absolute Gasteiger partial charge is 0.352 e. The third-order valence-electron chi connectivity index (χ3n) is 2.50. The number of hydrogen-bond donors (Lipinski definition) is 1. The van der Waals surface area contributed by atoms with Crippen molar-refractivity contribution in [3.63, 3.8) is 0 Å². The molecule has 0 radical (unpaired) electrons. The zero-order valence-corrected chi connectivity index (χ0v) is 10.4. The maximum atomic E-state index is 13.8. The highest BCUT2D eigenvalue weighted by Crippen LogP contribution is 2.30. The number of hydroxylamine groups is 2. The van der Waals surface area contributed by atoms with Crippen LogP contribution in [0.25, 0.3) is 0 Å². The molecule has 104 valence electrons. The third-order valence-corrected chi connectivity index (χ3v) is 2.50. The van der Waals surface area contributed by atoms with Crippen LogP contribution in [-0.4, -0.2) is 36.2 Å². The van der Waals surface area contributed by atoms with Crippen molar-refractivity contribution >= 4 is 11.9 Å². The first kappa shape index (κ1) is 15.0. The van der Waals surface area contributed by atoms with Crippen LogP contribution in [0.3, 0.4) is 0 Å². The van der Waals surface area contributed by atoms with E-state index in [1.807, 2.05) is 0 Å². The van der Waals surface area contributed by atoms with Gasteiger partial charge in [0.25, 0.3) is 0 Å². The van der Waals surface area contributed by atoms with Gasteiger partial charge in [-0.3, -0.25) is 14.4 Å². The van der Waals surface area contributed by atoms with E-state index in [-0.39, 0.29) is 6.42 Å². The first-order chi connectivity index (χ1) is 8.78. The minimum absolute atomic E-state index is 0.266. The molecule has 0 aliphatic carbocycles. The molecule has 1 N–H and O–H groups in total. The molecule has 0 atom stereocenters. The number of alkyl halides is 2. The summed E-state index contributed by atoms with van der Waals surface area (Å²) in [5.74, 6) is -6.29. The fraction of sp³-hybridized carbons (Fsp3) is 0.333. The van der Waals surface area contributed by atoms with Crippen LogP contribution in [0.5, 0.6) is 0 Å². The average molecular weight is 273 g/mol. The SMILES string of the molecule is CON(C)C(=O)C(F)(F)c1ccc(CC(=O)O)cc1. The van der Waals surface area contributed by atoms with Gasteiger partial charge in [0.2, 0.25) is 0 Å². The highest BCUT2D eigenvalue weighted by Gasteiger charge is 2.43. The molecule has 5 nitrogen and oxygen atoms in total. The molecule has 1 amide bonds. The Kier molecular flexibility index (Phi) is 4.55. The van der Waals surface area contributed by atoms with E-state index >= 15 is 0 Å². The Hall–Kier alpha value is -2.02. The number of rotatable bonds is 5. The fourth-order valence-electron chi connectivity index (χ4n) is 1.41. The van der Waals surface area contributed by atoms with Gasteiger partial charge in [0.15, 0.2) is 0 Å². The van der Waals surface area contributed by atoms with Crippen LogP contribution in [0.4, 0.5) is 8.78 Å². The number of halogens is 2. The third kappa shape index (κ3) is 3.47. The lowest BCUT2D eigenvalue weighted by Gasteiger charge is -2.21. The minimum Gasteiger partial charge on any atom is -0.481 e. The summed E-state index contributed by atoms with van der Waals surface area (Å²) in [6.07, 6.45) is -0.266. The molecule has 1 aromatic carbocycles. The molecule has 0 saturated carbocycles. The number of hydrogen-bond acceptors (Lipinski definition) is 3. The van der Waals surface area contributed by atoms with Gasteiger partial charge in [-0.15, -0.1) is 0 Å². The maximum absolute atomic E-state index is 13.8. The number of carbonyl (C=O) groups excluding carboxylic acids is 1. The van der Waals surface area contributed by atoms with E-state index in [1.54, 1.807) is 0 Å². The Morgan fingerprint density at radius 2 is 1.84 bits per heavy atom. The van der Waals surface area contributed by atoms with Crippen LogP contribution in [0.2, 0.25) is 0 Å². The monoisotopic (exact) mass is 273 g/mol. The van der Waals surface area contributed by atoms with Crippen molar-refractivity contribution in [3.05, 3.63) is 35.4 Å². The van der Waals surface area contributed by atoms with Gasteiger partial charge in [0.05, 0.1) is 13.5 Å². The van der Waals surface area contributed by atoms with E-state index in [0.29, 0.717) is 10.6 Å². The van der Waals surface area contributed by atoms with Crippen molar-refractivity contribution in [3.8, 4) is 0 Å². The number of aliphatic carboxylic acids is 1. The highest BCUT2D eigenvalue weighted by molar-refractivity contribution is 5.83. The van der Waals surface area contributed by atoms with Gasteiger partial charge in [0, 0.05) is 12.6 Å². The van der Waals surface area contributed by atoms with Crippen LogP contribution < -0.4 is 0 Å². The predicted octanol–water partition coefficient (Wildman–Crippen LogP) is 1.43. The Morgan fingerprint density at radius 3 is 2.26 bits per heavy atom. The van der Waals surface area contributed by atoms with Crippen molar-refractivity contribution in [2.75, 3.05) is 14.2 Å². The Labute approximate surface area is 108 Å². The largest absolute Gasteiger partial charge is 0.481 e. The van der Waals surface area contributed by atoms with E-state index in [4.69, 9.17) is 5.11 Å². The highest BCUT2D eigenvalue weighted by atomic mass is 19.3. The fourth-order valence-corrected chi connectivity index (χ4v) is 1.41. The molecule has 0 unspecified atom stereocenters. The quantitative estimate of drug-likeness (QED) is 0.824. The topological polar surface area (TPSA) is 66.8 Å². The van der Waals surface area contributed by atoms with Gasteiger partial charge >= 0.3 is 17.8 Å².